The minimum absolute atomic E-state index is 0.0666. The number of nitrogens with zero attached hydrogens (tertiary/aromatic N) is 1. The average Bonchev–Trinajstić information content (AvgIpc) is 2.87. The predicted molar refractivity (Wildman–Crippen MR) is 134 cm³/mol. The minimum atomic E-state index is -0.586. The molecule has 2 unspecified atom stereocenters. The van der Waals surface area contributed by atoms with Crippen molar-refractivity contribution in [3.63, 3.8) is 0 Å². The first-order chi connectivity index (χ1) is 17.4. The van der Waals surface area contributed by atoms with Crippen molar-refractivity contribution in [3.8, 4) is 17.2 Å². The van der Waals surface area contributed by atoms with E-state index in [1.54, 1.807) is 19.1 Å². The van der Waals surface area contributed by atoms with Crippen LogP contribution in [0, 0.1) is 6.92 Å². The summed E-state index contributed by atoms with van der Waals surface area (Å²) in [6.45, 7) is 1.74. The molecule has 0 radical (unpaired) electrons. The topological polar surface area (TPSA) is 87.1 Å². The molecule has 0 saturated heterocycles. The summed E-state index contributed by atoms with van der Waals surface area (Å²) in [5.41, 5.74) is 2.87. The quantitative estimate of drug-likeness (QED) is 0.359. The molecular formula is C30H23NO5. The van der Waals surface area contributed by atoms with Crippen LogP contribution in [0.15, 0.2) is 78.9 Å². The smallest absolute Gasteiger partial charge is 0.201 e. The largest absolute Gasteiger partial charge is 0.507 e. The molecule has 36 heavy (non-hydrogen) atoms. The van der Waals surface area contributed by atoms with E-state index in [0.717, 1.165) is 11.1 Å². The number of aryl methyl sites for hydroxylation is 1. The molecule has 6 rings (SSSR count). The maximum Gasteiger partial charge on any atom is 0.201 e. The lowest BCUT2D eigenvalue weighted by molar-refractivity contribution is -0.000593. The normalized spacial score (nSPS) is 18.7. The van der Waals surface area contributed by atoms with Crippen molar-refractivity contribution < 1.29 is 24.5 Å². The average molecular weight is 478 g/mol. The van der Waals surface area contributed by atoms with Gasteiger partial charge in [0.25, 0.3) is 0 Å². The summed E-state index contributed by atoms with van der Waals surface area (Å²) < 4.78 is 6.40. The van der Waals surface area contributed by atoms with Gasteiger partial charge in [-0.05, 0) is 43.3 Å². The molecule has 2 N–H and O–H groups in total. The molecule has 4 aromatic carbocycles. The van der Waals surface area contributed by atoms with Gasteiger partial charge in [-0.15, -0.1) is 0 Å². The third kappa shape index (κ3) is 3.15. The molecule has 6 nitrogen and oxygen atoms in total. The van der Waals surface area contributed by atoms with Crippen molar-refractivity contribution >= 4 is 11.6 Å². The number of fused-ring (bicyclic) bond motifs is 3. The van der Waals surface area contributed by atoms with Crippen molar-refractivity contribution in [3.05, 3.63) is 123 Å². The lowest BCUT2D eigenvalue weighted by atomic mass is 9.79. The van der Waals surface area contributed by atoms with Crippen LogP contribution in [-0.4, -0.2) is 33.7 Å². The molecular weight excluding hydrogens is 454 g/mol. The zero-order valence-corrected chi connectivity index (χ0v) is 19.7. The van der Waals surface area contributed by atoms with E-state index in [2.05, 4.69) is 0 Å². The first-order valence-electron chi connectivity index (χ1n) is 11.7. The minimum Gasteiger partial charge on any atom is -0.507 e. The Morgan fingerprint density at radius 2 is 1.39 bits per heavy atom. The van der Waals surface area contributed by atoms with Crippen molar-refractivity contribution in [1.29, 1.82) is 0 Å². The van der Waals surface area contributed by atoms with Gasteiger partial charge in [-0.25, -0.2) is 0 Å². The summed E-state index contributed by atoms with van der Waals surface area (Å²) in [4.78, 5) is 29.1. The van der Waals surface area contributed by atoms with Crippen LogP contribution in [0.3, 0.4) is 0 Å². The lowest BCUT2D eigenvalue weighted by Gasteiger charge is -2.42. The first-order valence-corrected chi connectivity index (χ1v) is 11.7. The Labute approximate surface area is 208 Å². The number of phenols is 2. The Morgan fingerprint density at radius 3 is 2.06 bits per heavy atom. The van der Waals surface area contributed by atoms with Crippen LogP contribution in [-0.2, 0) is 0 Å². The maximum absolute atomic E-state index is 13.6. The van der Waals surface area contributed by atoms with Crippen LogP contribution in [0.25, 0.3) is 0 Å². The van der Waals surface area contributed by atoms with Crippen LogP contribution < -0.4 is 4.74 Å². The summed E-state index contributed by atoms with van der Waals surface area (Å²) in [6.07, 6.45) is -0.491. The second kappa shape index (κ2) is 8.07. The molecule has 4 aromatic rings. The van der Waals surface area contributed by atoms with E-state index in [0.29, 0.717) is 16.9 Å². The first kappa shape index (κ1) is 22.1. The fourth-order valence-corrected chi connectivity index (χ4v) is 5.39. The van der Waals surface area contributed by atoms with Crippen molar-refractivity contribution in [2.45, 2.75) is 19.2 Å². The number of carbonyl (C=O) groups is 2. The zero-order valence-electron chi connectivity index (χ0n) is 19.7. The summed E-state index contributed by atoms with van der Waals surface area (Å²) in [7, 11) is 1.90. The molecule has 0 saturated carbocycles. The molecule has 178 valence electrons. The molecule has 2 atom stereocenters. The fraction of sp³-hybridized carbons (Fsp3) is 0.133. The third-order valence-electron chi connectivity index (χ3n) is 7.00. The molecule has 0 fully saturated rings. The number of hydrogen-bond donors (Lipinski definition) is 2. The number of rotatable bonds is 2. The fourth-order valence-electron chi connectivity index (χ4n) is 5.39. The summed E-state index contributed by atoms with van der Waals surface area (Å²) in [5.74, 6) is -1.26. The van der Waals surface area contributed by atoms with Crippen LogP contribution in [0.5, 0.6) is 17.2 Å². The van der Waals surface area contributed by atoms with Gasteiger partial charge in [0.05, 0.1) is 22.7 Å². The maximum atomic E-state index is 13.6. The highest BCUT2D eigenvalue weighted by Crippen LogP contribution is 2.52. The molecule has 0 bridgehead atoms. The van der Waals surface area contributed by atoms with E-state index in [9.17, 15) is 19.8 Å². The predicted octanol–water partition coefficient (Wildman–Crippen LogP) is 5.29. The highest BCUT2D eigenvalue weighted by atomic mass is 16.5. The SMILES string of the molecule is Cc1cc(O)c2c(c1)C(=O)c1cc3c(c(O)c1C2=O)C(c1ccccc1)N(C)C(c1ccccc1)O3. The van der Waals surface area contributed by atoms with Gasteiger partial charge < -0.3 is 14.9 Å². The van der Waals surface area contributed by atoms with Crippen LogP contribution in [0.4, 0.5) is 0 Å². The van der Waals surface area contributed by atoms with Crippen molar-refractivity contribution in [2.75, 3.05) is 7.05 Å². The molecule has 0 aromatic heterocycles. The van der Waals surface area contributed by atoms with Gasteiger partial charge in [-0.3, -0.25) is 14.5 Å². The van der Waals surface area contributed by atoms with Crippen LogP contribution in [0.1, 0.15) is 66.4 Å². The highest BCUT2D eigenvalue weighted by molar-refractivity contribution is 6.30. The van der Waals surface area contributed by atoms with E-state index in [1.807, 2.05) is 72.6 Å². The van der Waals surface area contributed by atoms with Gasteiger partial charge >= 0.3 is 0 Å². The molecule has 1 heterocycles. The van der Waals surface area contributed by atoms with E-state index in [-0.39, 0.29) is 33.8 Å². The number of ketones is 2. The van der Waals surface area contributed by atoms with E-state index in [4.69, 9.17) is 4.74 Å². The Hall–Kier alpha value is -4.42. The van der Waals surface area contributed by atoms with Gasteiger partial charge in [0.15, 0.2) is 12.0 Å². The Bertz CT molecular complexity index is 1550. The van der Waals surface area contributed by atoms with Gasteiger partial charge in [0, 0.05) is 16.7 Å². The van der Waals surface area contributed by atoms with Crippen LogP contribution >= 0.6 is 0 Å². The highest BCUT2D eigenvalue weighted by Gasteiger charge is 2.43. The monoisotopic (exact) mass is 477 g/mol. The van der Waals surface area contributed by atoms with E-state index in [1.165, 1.54) is 6.07 Å². The number of aromatic hydroxyl groups is 2. The number of benzene rings is 4. The molecule has 2 aliphatic rings. The molecule has 1 aliphatic heterocycles. The Balaban J connectivity index is 1.61. The zero-order chi connectivity index (χ0) is 25.1. The summed E-state index contributed by atoms with van der Waals surface area (Å²) in [5, 5.41) is 22.1. The molecule has 6 heteroatoms. The van der Waals surface area contributed by atoms with Crippen LogP contribution in [0.2, 0.25) is 0 Å². The summed E-state index contributed by atoms with van der Waals surface area (Å²) >= 11 is 0. The standard InChI is InChI=1S/C30H23NO5/c1-16-13-19-23(21(32)14-16)28(34)24-20(27(19)33)15-22-25(29(24)35)26(17-9-5-3-6-10-17)31(2)30(36-22)18-11-7-4-8-12-18/h3-15,26,30,32,35H,1-2H3. The van der Waals surface area contributed by atoms with E-state index >= 15 is 0 Å². The Kier molecular flexibility index (Phi) is 4.95. The number of hydrogen-bond acceptors (Lipinski definition) is 6. The number of carbonyl (C=O) groups excluding carboxylic acids is 2. The van der Waals surface area contributed by atoms with Gasteiger partial charge in [0.2, 0.25) is 5.78 Å². The second-order valence-electron chi connectivity index (χ2n) is 9.28. The second-order valence-corrected chi connectivity index (χ2v) is 9.28. The lowest BCUT2D eigenvalue weighted by Crippen LogP contribution is -2.38. The van der Waals surface area contributed by atoms with Crippen molar-refractivity contribution in [1.82, 2.24) is 4.90 Å². The van der Waals surface area contributed by atoms with Gasteiger partial charge in [0.1, 0.15) is 17.2 Å². The molecule has 1 aliphatic carbocycles. The Morgan fingerprint density at radius 1 is 0.778 bits per heavy atom. The molecule has 0 spiro atoms. The third-order valence-corrected chi connectivity index (χ3v) is 7.00. The summed E-state index contributed by atoms with van der Waals surface area (Å²) in [6, 6.07) is 23.5. The number of phenolic OH excluding ortho intramolecular Hbond substituents is 2. The van der Waals surface area contributed by atoms with E-state index < -0.39 is 23.8 Å². The van der Waals surface area contributed by atoms with Crippen molar-refractivity contribution in [2.24, 2.45) is 0 Å². The van der Waals surface area contributed by atoms with Gasteiger partial charge in [-0.1, -0.05) is 60.7 Å². The number of ether oxygens (including phenoxy) is 1. The van der Waals surface area contributed by atoms with Gasteiger partial charge in [-0.2, -0.15) is 0 Å². The molecule has 0 amide bonds.